The summed E-state index contributed by atoms with van der Waals surface area (Å²) in [6.07, 6.45) is 2.04. The first-order valence-corrected chi connectivity index (χ1v) is 9.93. The Balaban J connectivity index is 1.67. The Bertz CT molecular complexity index is 859. The van der Waals surface area contributed by atoms with Crippen LogP contribution < -0.4 is 20.7 Å². The van der Waals surface area contributed by atoms with Gasteiger partial charge in [0.1, 0.15) is 10.8 Å². The minimum atomic E-state index is -0.480. The second kappa shape index (κ2) is 8.88. The van der Waals surface area contributed by atoms with E-state index >= 15 is 0 Å². The smallest absolute Gasteiger partial charge is 0.254 e. The van der Waals surface area contributed by atoms with Gasteiger partial charge in [0, 0.05) is 13.0 Å². The highest BCUT2D eigenvalue weighted by atomic mass is 32.1. The van der Waals surface area contributed by atoms with Crippen molar-refractivity contribution in [3.05, 3.63) is 46.8 Å². The number of anilines is 1. The van der Waals surface area contributed by atoms with Gasteiger partial charge in [0.2, 0.25) is 11.8 Å². The minimum absolute atomic E-state index is 0.0491. The molecule has 1 heterocycles. The van der Waals surface area contributed by atoms with Crippen LogP contribution in [0.25, 0.3) is 0 Å². The number of benzene rings is 1. The van der Waals surface area contributed by atoms with Crippen LogP contribution in [0.1, 0.15) is 48.1 Å². The summed E-state index contributed by atoms with van der Waals surface area (Å²) in [6.45, 7) is 1.41. The van der Waals surface area contributed by atoms with Gasteiger partial charge in [-0.25, -0.2) is 0 Å². The Morgan fingerprint density at radius 2 is 1.89 bits per heavy atom. The minimum Gasteiger partial charge on any atom is -0.497 e. The van der Waals surface area contributed by atoms with Crippen LogP contribution in [0.15, 0.2) is 35.7 Å². The molecule has 1 unspecified atom stereocenters. The van der Waals surface area contributed by atoms with E-state index in [1.165, 1.54) is 18.3 Å². The number of thiophene rings is 1. The van der Waals surface area contributed by atoms with E-state index in [2.05, 4.69) is 16.0 Å². The van der Waals surface area contributed by atoms with E-state index in [0.29, 0.717) is 16.3 Å². The largest absolute Gasteiger partial charge is 0.497 e. The van der Waals surface area contributed by atoms with E-state index in [1.54, 1.807) is 30.7 Å². The van der Waals surface area contributed by atoms with E-state index < -0.39 is 6.04 Å². The average Bonchev–Trinajstić information content (AvgIpc) is 3.36. The van der Waals surface area contributed by atoms with E-state index in [0.717, 1.165) is 18.4 Å². The first-order chi connectivity index (χ1) is 13.5. The van der Waals surface area contributed by atoms with Crippen molar-refractivity contribution in [3.8, 4) is 5.75 Å². The first kappa shape index (κ1) is 19.9. The summed E-state index contributed by atoms with van der Waals surface area (Å²) in [7, 11) is 1.58. The molecule has 3 N–H and O–H groups in total. The van der Waals surface area contributed by atoms with Gasteiger partial charge in [-0.05, 0) is 42.0 Å². The number of nitrogens with one attached hydrogen (secondary N) is 3. The van der Waals surface area contributed by atoms with Gasteiger partial charge in [-0.2, -0.15) is 0 Å². The molecule has 1 atom stereocenters. The van der Waals surface area contributed by atoms with Gasteiger partial charge in [0.25, 0.3) is 5.91 Å². The lowest BCUT2D eigenvalue weighted by molar-refractivity contribution is -0.120. The van der Waals surface area contributed by atoms with Gasteiger partial charge in [-0.1, -0.05) is 12.1 Å². The molecule has 3 rings (SSSR count). The fourth-order valence-electron chi connectivity index (χ4n) is 2.77. The van der Waals surface area contributed by atoms with Crippen LogP contribution in [0.4, 0.5) is 5.00 Å². The SMILES string of the molecule is COc1ccc(C(CC(=O)Nc2sccc2C(=O)NC2CC2)NC(C)=O)cc1. The van der Waals surface area contributed by atoms with Crippen molar-refractivity contribution in [1.82, 2.24) is 10.6 Å². The summed E-state index contributed by atoms with van der Waals surface area (Å²) in [4.78, 5) is 36.5. The van der Waals surface area contributed by atoms with Crippen molar-refractivity contribution in [2.45, 2.75) is 38.3 Å². The fourth-order valence-corrected chi connectivity index (χ4v) is 3.57. The molecule has 1 fully saturated rings. The van der Waals surface area contributed by atoms with Gasteiger partial charge in [0.15, 0.2) is 0 Å². The highest BCUT2D eigenvalue weighted by Gasteiger charge is 2.26. The van der Waals surface area contributed by atoms with E-state index in [9.17, 15) is 14.4 Å². The third-order valence-electron chi connectivity index (χ3n) is 4.36. The molecule has 28 heavy (non-hydrogen) atoms. The quantitative estimate of drug-likeness (QED) is 0.634. The van der Waals surface area contributed by atoms with Gasteiger partial charge >= 0.3 is 0 Å². The normalized spacial score (nSPS) is 14.1. The highest BCUT2D eigenvalue weighted by Crippen LogP contribution is 2.27. The van der Waals surface area contributed by atoms with Crippen LogP contribution in [0.2, 0.25) is 0 Å². The van der Waals surface area contributed by atoms with E-state index in [4.69, 9.17) is 4.74 Å². The van der Waals surface area contributed by atoms with Gasteiger partial charge in [0.05, 0.1) is 25.1 Å². The molecular formula is C20H23N3O4S. The molecule has 1 aromatic heterocycles. The molecule has 1 aliphatic rings. The molecule has 0 spiro atoms. The third-order valence-corrected chi connectivity index (χ3v) is 5.19. The van der Waals surface area contributed by atoms with Crippen LogP contribution in [0.5, 0.6) is 5.75 Å². The van der Waals surface area contributed by atoms with Crippen molar-refractivity contribution in [1.29, 1.82) is 0 Å². The summed E-state index contributed by atoms with van der Waals surface area (Å²) < 4.78 is 5.15. The Morgan fingerprint density at radius 1 is 1.18 bits per heavy atom. The second-order valence-corrected chi connectivity index (χ2v) is 7.61. The molecule has 1 saturated carbocycles. The molecule has 1 aromatic carbocycles. The molecule has 0 bridgehead atoms. The maximum absolute atomic E-state index is 12.6. The van der Waals surface area contributed by atoms with Crippen LogP contribution >= 0.6 is 11.3 Å². The number of amides is 3. The maximum Gasteiger partial charge on any atom is 0.254 e. The Labute approximate surface area is 167 Å². The molecule has 1 aliphatic carbocycles. The lowest BCUT2D eigenvalue weighted by atomic mass is 10.0. The molecule has 0 saturated heterocycles. The Hall–Kier alpha value is -2.87. The zero-order chi connectivity index (χ0) is 20.1. The van der Waals surface area contributed by atoms with Crippen molar-refractivity contribution in [2.75, 3.05) is 12.4 Å². The van der Waals surface area contributed by atoms with Crippen molar-refractivity contribution >= 4 is 34.1 Å². The molecule has 2 aromatic rings. The lowest BCUT2D eigenvalue weighted by Gasteiger charge is -2.18. The number of hydrogen-bond acceptors (Lipinski definition) is 5. The second-order valence-electron chi connectivity index (χ2n) is 6.69. The summed E-state index contributed by atoms with van der Waals surface area (Å²) in [5, 5.41) is 10.8. The topological polar surface area (TPSA) is 96.5 Å². The lowest BCUT2D eigenvalue weighted by Crippen LogP contribution is -2.30. The number of methoxy groups -OCH3 is 1. The zero-order valence-corrected chi connectivity index (χ0v) is 16.6. The average molecular weight is 401 g/mol. The molecule has 0 radical (unpaired) electrons. The van der Waals surface area contributed by atoms with Crippen LogP contribution in [0, 0.1) is 0 Å². The number of carbonyl (C=O) groups excluding carboxylic acids is 3. The maximum atomic E-state index is 12.6. The number of hydrogen-bond donors (Lipinski definition) is 3. The predicted octanol–water partition coefficient (Wildman–Crippen LogP) is 2.85. The molecule has 3 amide bonds. The summed E-state index contributed by atoms with van der Waals surface area (Å²) in [6, 6.07) is 8.65. The molecule has 8 heteroatoms. The Morgan fingerprint density at radius 3 is 2.50 bits per heavy atom. The fraction of sp³-hybridized carbons (Fsp3) is 0.350. The summed E-state index contributed by atoms with van der Waals surface area (Å²) >= 11 is 1.30. The van der Waals surface area contributed by atoms with Crippen molar-refractivity contribution in [2.24, 2.45) is 0 Å². The molecule has 0 aliphatic heterocycles. The first-order valence-electron chi connectivity index (χ1n) is 9.05. The van der Waals surface area contributed by atoms with E-state index in [-0.39, 0.29) is 30.2 Å². The summed E-state index contributed by atoms with van der Waals surface area (Å²) in [5.74, 6) is 0.0130. The number of carbonyl (C=O) groups is 3. The third kappa shape index (κ3) is 5.32. The van der Waals surface area contributed by atoms with Gasteiger partial charge in [-0.3, -0.25) is 14.4 Å². The molecular weight excluding hydrogens is 378 g/mol. The van der Waals surface area contributed by atoms with Gasteiger partial charge < -0.3 is 20.7 Å². The van der Waals surface area contributed by atoms with Crippen molar-refractivity contribution < 1.29 is 19.1 Å². The molecule has 148 valence electrons. The number of rotatable bonds is 8. The predicted molar refractivity (Wildman–Crippen MR) is 108 cm³/mol. The highest BCUT2D eigenvalue weighted by molar-refractivity contribution is 7.14. The van der Waals surface area contributed by atoms with Gasteiger partial charge in [-0.15, -0.1) is 11.3 Å². The Kier molecular flexibility index (Phi) is 6.30. The van der Waals surface area contributed by atoms with Crippen LogP contribution in [-0.4, -0.2) is 30.9 Å². The van der Waals surface area contributed by atoms with Crippen molar-refractivity contribution in [3.63, 3.8) is 0 Å². The van der Waals surface area contributed by atoms with E-state index in [1.807, 2.05) is 12.1 Å². The molecule has 7 nitrogen and oxygen atoms in total. The zero-order valence-electron chi connectivity index (χ0n) is 15.8. The monoisotopic (exact) mass is 401 g/mol. The standard InChI is InChI=1S/C20H23N3O4S/c1-12(24)21-17(13-3-7-15(27-2)8-4-13)11-18(25)23-20-16(9-10-28-20)19(26)22-14-5-6-14/h3-4,7-10,14,17H,5-6,11H2,1-2H3,(H,21,24)(H,22,26)(H,23,25). The van der Waals surface area contributed by atoms with Crippen LogP contribution in [-0.2, 0) is 9.59 Å². The van der Waals surface area contributed by atoms with Crippen LogP contribution in [0.3, 0.4) is 0 Å². The number of ether oxygens (including phenoxy) is 1. The summed E-state index contributed by atoms with van der Waals surface area (Å²) in [5.41, 5.74) is 1.26.